The van der Waals surface area contributed by atoms with Crippen LogP contribution in [0.5, 0.6) is 11.5 Å². The molecular formula is C27H24N2O2S. The second kappa shape index (κ2) is 10.1. The van der Waals surface area contributed by atoms with E-state index in [0.717, 1.165) is 29.7 Å². The first-order chi connectivity index (χ1) is 15.7. The summed E-state index contributed by atoms with van der Waals surface area (Å²) in [5.74, 6) is 1.37. The molecule has 1 aromatic heterocycles. The summed E-state index contributed by atoms with van der Waals surface area (Å²) in [4.78, 5) is 4.74. The fourth-order valence-electron chi connectivity index (χ4n) is 3.41. The van der Waals surface area contributed by atoms with Gasteiger partial charge in [-0.15, -0.1) is 11.3 Å². The van der Waals surface area contributed by atoms with E-state index >= 15 is 0 Å². The summed E-state index contributed by atoms with van der Waals surface area (Å²) < 4.78 is 11.3. The number of nitriles is 1. The number of ether oxygens (including phenoxy) is 2. The zero-order valence-electron chi connectivity index (χ0n) is 18.2. The van der Waals surface area contributed by atoms with Gasteiger partial charge < -0.3 is 9.47 Å². The van der Waals surface area contributed by atoms with Crippen molar-refractivity contribution in [3.8, 4) is 28.8 Å². The molecule has 5 heteroatoms. The van der Waals surface area contributed by atoms with Crippen LogP contribution < -0.4 is 9.47 Å². The second-order valence-corrected chi connectivity index (χ2v) is 8.24. The van der Waals surface area contributed by atoms with Gasteiger partial charge in [0.25, 0.3) is 0 Å². The first-order valence-electron chi connectivity index (χ1n) is 10.6. The van der Waals surface area contributed by atoms with Gasteiger partial charge in [-0.2, -0.15) is 5.26 Å². The van der Waals surface area contributed by atoms with Gasteiger partial charge in [0.15, 0.2) is 11.5 Å². The number of hydrogen-bond acceptors (Lipinski definition) is 5. The zero-order valence-corrected chi connectivity index (χ0v) is 19.0. The van der Waals surface area contributed by atoms with Crippen LogP contribution in [-0.4, -0.2) is 18.7 Å². The van der Waals surface area contributed by atoms with Crippen molar-refractivity contribution in [1.29, 1.82) is 5.26 Å². The zero-order chi connectivity index (χ0) is 22.3. The summed E-state index contributed by atoms with van der Waals surface area (Å²) in [7, 11) is 1.62. The highest BCUT2D eigenvalue weighted by Gasteiger charge is 2.11. The van der Waals surface area contributed by atoms with E-state index in [1.54, 1.807) is 7.11 Å². The van der Waals surface area contributed by atoms with E-state index in [2.05, 4.69) is 43.3 Å². The molecule has 32 heavy (non-hydrogen) atoms. The molecule has 0 saturated carbocycles. The van der Waals surface area contributed by atoms with E-state index in [1.807, 2.05) is 41.8 Å². The maximum Gasteiger partial charge on any atom is 0.161 e. The highest BCUT2D eigenvalue weighted by Crippen LogP contribution is 2.32. The number of unbranched alkanes of at least 4 members (excludes halogenated alkanes) is 1. The molecule has 0 unspecified atom stereocenters. The SMILES string of the molecule is CCCCOc1ccc(C=C(C#N)c2nc(-c3ccc4ccccc4c3)cs2)cc1OC. The number of methoxy groups -OCH3 is 1. The molecule has 0 aliphatic rings. The average molecular weight is 441 g/mol. The van der Waals surface area contributed by atoms with Crippen molar-refractivity contribution in [2.45, 2.75) is 19.8 Å². The minimum atomic E-state index is 0.517. The van der Waals surface area contributed by atoms with Crippen LogP contribution >= 0.6 is 11.3 Å². The van der Waals surface area contributed by atoms with Crippen molar-refractivity contribution in [2.75, 3.05) is 13.7 Å². The summed E-state index contributed by atoms with van der Waals surface area (Å²) in [5, 5.41) is 14.8. The molecule has 3 aromatic carbocycles. The Morgan fingerprint density at radius 1 is 1.06 bits per heavy atom. The van der Waals surface area contributed by atoms with Crippen LogP contribution in [0.15, 0.2) is 66.0 Å². The number of aromatic nitrogens is 1. The number of allylic oxidation sites excluding steroid dienone is 1. The Morgan fingerprint density at radius 3 is 2.69 bits per heavy atom. The van der Waals surface area contributed by atoms with Crippen LogP contribution in [0.1, 0.15) is 30.3 Å². The molecule has 0 atom stereocenters. The van der Waals surface area contributed by atoms with Gasteiger partial charge in [0.05, 0.1) is 25.0 Å². The van der Waals surface area contributed by atoms with E-state index in [9.17, 15) is 5.26 Å². The van der Waals surface area contributed by atoms with E-state index in [-0.39, 0.29) is 0 Å². The Labute approximate surface area is 192 Å². The predicted octanol–water partition coefficient (Wildman–Crippen LogP) is 7.21. The third-order valence-corrected chi connectivity index (χ3v) is 6.03. The van der Waals surface area contributed by atoms with Gasteiger partial charge >= 0.3 is 0 Å². The van der Waals surface area contributed by atoms with Gasteiger partial charge in [0.1, 0.15) is 11.1 Å². The Kier molecular flexibility index (Phi) is 6.84. The monoisotopic (exact) mass is 440 g/mol. The quantitative estimate of drug-likeness (QED) is 0.214. The van der Waals surface area contributed by atoms with Crippen molar-refractivity contribution in [1.82, 2.24) is 4.98 Å². The maximum atomic E-state index is 9.78. The third kappa shape index (κ3) is 4.82. The van der Waals surface area contributed by atoms with Crippen molar-refractivity contribution >= 4 is 33.8 Å². The van der Waals surface area contributed by atoms with Crippen LogP contribution in [0.25, 0.3) is 33.7 Å². The highest BCUT2D eigenvalue weighted by atomic mass is 32.1. The molecule has 0 radical (unpaired) electrons. The van der Waals surface area contributed by atoms with Gasteiger partial charge in [0.2, 0.25) is 0 Å². The number of nitrogens with zero attached hydrogens (tertiary/aromatic N) is 2. The van der Waals surface area contributed by atoms with Gasteiger partial charge in [0, 0.05) is 10.9 Å². The molecule has 4 rings (SSSR count). The number of benzene rings is 3. The molecule has 0 aliphatic heterocycles. The van der Waals surface area contributed by atoms with Crippen LogP contribution in [0.3, 0.4) is 0 Å². The van der Waals surface area contributed by atoms with Crippen molar-refractivity contribution in [3.63, 3.8) is 0 Å². The standard InChI is InChI=1S/C27H24N2O2S/c1-3-4-13-31-25-12-9-19(15-26(25)30-2)14-23(17-28)27-29-24(18-32-27)22-11-10-20-7-5-6-8-21(20)16-22/h5-12,14-16,18H,3-4,13H2,1-2H3. The van der Waals surface area contributed by atoms with E-state index in [0.29, 0.717) is 28.7 Å². The maximum absolute atomic E-state index is 9.78. The lowest BCUT2D eigenvalue weighted by atomic mass is 10.1. The van der Waals surface area contributed by atoms with Crippen LogP contribution in [-0.2, 0) is 0 Å². The topological polar surface area (TPSA) is 55.1 Å². The lowest BCUT2D eigenvalue weighted by molar-refractivity contribution is 0.288. The predicted molar refractivity (Wildman–Crippen MR) is 132 cm³/mol. The first-order valence-corrected chi connectivity index (χ1v) is 11.5. The first kappa shape index (κ1) is 21.6. The number of thiazole rings is 1. The fraction of sp³-hybridized carbons (Fsp3) is 0.185. The third-order valence-electron chi connectivity index (χ3n) is 5.15. The van der Waals surface area contributed by atoms with Crippen LogP contribution in [0.2, 0.25) is 0 Å². The molecule has 4 aromatic rings. The molecule has 0 spiro atoms. The van der Waals surface area contributed by atoms with E-state index < -0.39 is 0 Å². The lowest BCUT2D eigenvalue weighted by Crippen LogP contribution is -1.99. The van der Waals surface area contributed by atoms with E-state index in [1.165, 1.54) is 22.1 Å². The molecule has 0 bridgehead atoms. The van der Waals surface area contributed by atoms with Crippen LogP contribution in [0.4, 0.5) is 0 Å². The Morgan fingerprint density at radius 2 is 1.91 bits per heavy atom. The minimum Gasteiger partial charge on any atom is -0.493 e. The second-order valence-electron chi connectivity index (χ2n) is 7.38. The summed E-state index contributed by atoms with van der Waals surface area (Å²) >= 11 is 1.47. The number of hydrogen-bond donors (Lipinski definition) is 0. The minimum absolute atomic E-state index is 0.517. The van der Waals surface area contributed by atoms with Gasteiger partial charge in [-0.05, 0) is 47.0 Å². The van der Waals surface area contributed by atoms with Gasteiger partial charge in [-0.1, -0.05) is 55.8 Å². The summed E-state index contributed by atoms with van der Waals surface area (Å²) in [6.45, 7) is 2.78. The fourth-order valence-corrected chi connectivity index (χ4v) is 4.20. The summed E-state index contributed by atoms with van der Waals surface area (Å²) in [6.07, 6.45) is 3.90. The van der Waals surface area contributed by atoms with Gasteiger partial charge in [-0.3, -0.25) is 0 Å². The number of rotatable bonds is 8. The molecule has 0 N–H and O–H groups in total. The van der Waals surface area contributed by atoms with Crippen molar-refractivity contribution in [2.24, 2.45) is 0 Å². The molecule has 0 fully saturated rings. The largest absolute Gasteiger partial charge is 0.493 e. The molecule has 1 heterocycles. The van der Waals surface area contributed by atoms with Gasteiger partial charge in [-0.25, -0.2) is 4.98 Å². The summed E-state index contributed by atoms with van der Waals surface area (Å²) in [5.41, 5.74) is 3.29. The van der Waals surface area contributed by atoms with Crippen LogP contribution in [0, 0.1) is 11.3 Å². The molecule has 0 amide bonds. The van der Waals surface area contributed by atoms with Crippen molar-refractivity contribution < 1.29 is 9.47 Å². The molecular weight excluding hydrogens is 416 g/mol. The van der Waals surface area contributed by atoms with Crippen molar-refractivity contribution in [3.05, 3.63) is 76.6 Å². The highest BCUT2D eigenvalue weighted by molar-refractivity contribution is 7.11. The molecule has 160 valence electrons. The Balaban J connectivity index is 1.60. The molecule has 0 aliphatic carbocycles. The summed E-state index contributed by atoms with van der Waals surface area (Å²) in [6, 6.07) is 22.5. The molecule has 4 nitrogen and oxygen atoms in total. The lowest BCUT2D eigenvalue weighted by Gasteiger charge is -2.11. The Hall–Kier alpha value is -3.62. The average Bonchev–Trinajstić information content (AvgIpc) is 3.33. The molecule has 0 saturated heterocycles. The Bertz CT molecular complexity index is 1300. The normalized spacial score (nSPS) is 11.3. The smallest absolute Gasteiger partial charge is 0.161 e. The number of fused-ring (bicyclic) bond motifs is 1. The van der Waals surface area contributed by atoms with E-state index in [4.69, 9.17) is 14.5 Å².